The highest BCUT2D eigenvalue weighted by atomic mass is 19.4. The first kappa shape index (κ1) is 20.9. The summed E-state index contributed by atoms with van der Waals surface area (Å²) < 4.78 is 41.5. The van der Waals surface area contributed by atoms with Gasteiger partial charge in [-0.05, 0) is 24.2 Å². The van der Waals surface area contributed by atoms with E-state index in [1.807, 2.05) is 37.4 Å². The van der Waals surface area contributed by atoms with E-state index in [1.165, 1.54) is 12.3 Å². The summed E-state index contributed by atoms with van der Waals surface area (Å²) in [5.41, 5.74) is 1.66. The average molecular weight is 408 g/mol. The number of urea groups is 1. The zero-order valence-electron chi connectivity index (χ0n) is 16.0. The van der Waals surface area contributed by atoms with Crippen LogP contribution in [-0.4, -0.2) is 60.3 Å². The number of hydrogen-bond donors (Lipinski definition) is 1. The Bertz CT molecular complexity index is 817. The van der Waals surface area contributed by atoms with Gasteiger partial charge >= 0.3 is 12.2 Å². The first-order valence-corrected chi connectivity index (χ1v) is 9.24. The number of likely N-dealkylation sites (N-methyl/N-ethyl adjacent to an activating group) is 1. The summed E-state index contributed by atoms with van der Waals surface area (Å²) in [7, 11) is 2.02. The molecule has 156 valence electrons. The Morgan fingerprint density at radius 2 is 2.00 bits per heavy atom. The fraction of sp³-hybridized carbons (Fsp3) is 0.400. The zero-order valence-corrected chi connectivity index (χ0v) is 16.0. The quantitative estimate of drug-likeness (QED) is 0.826. The van der Waals surface area contributed by atoms with Crippen LogP contribution in [0.4, 0.5) is 18.0 Å². The van der Waals surface area contributed by atoms with Crippen LogP contribution in [0.25, 0.3) is 0 Å². The second kappa shape index (κ2) is 9.13. The summed E-state index contributed by atoms with van der Waals surface area (Å²) in [4.78, 5) is 20.5. The Kier molecular flexibility index (Phi) is 6.58. The number of nitrogens with one attached hydrogen (secondary N) is 1. The number of piperazine rings is 1. The molecule has 0 aliphatic carbocycles. The fourth-order valence-electron chi connectivity index (χ4n) is 3.20. The predicted octanol–water partition coefficient (Wildman–Crippen LogP) is 3.22. The molecule has 1 fully saturated rings. The summed E-state index contributed by atoms with van der Waals surface area (Å²) in [5.74, 6) is -0.129. The Balaban J connectivity index is 1.62. The van der Waals surface area contributed by atoms with E-state index < -0.39 is 12.8 Å². The third-order valence-corrected chi connectivity index (χ3v) is 4.66. The van der Waals surface area contributed by atoms with Crippen LogP contribution in [0, 0.1) is 0 Å². The Morgan fingerprint density at radius 3 is 2.72 bits per heavy atom. The lowest BCUT2D eigenvalue weighted by Crippen LogP contribution is -2.52. The van der Waals surface area contributed by atoms with Crippen molar-refractivity contribution < 1.29 is 22.7 Å². The Labute approximate surface area is 167 Å². The van der Waals surface area contributed by atoms with Crippen molar-refractivity contribution in [2.75, 3.05) is 33.3 Å². The van der Waals surface area contributed by atoms with Gasteiger partial charge in [0.25, 0.3) is 0 Å². The molecule has 1 aliphatic rings. The van der Waals surface area contributed by atoms with Crippen LogP contribution in [0.5, 0.6) is 5.88 Å². The molecule has 9 heteroatoms. The van der Waals surface area contributed by atoms with Crippen molar-refractivity contribution in [2.24, 2.45) is 0 Å². The van der Waals surface area contributed by atoms with Crippen LogP contribution in [0.2, 0.25) is 0 Å². The van der Waals surface area contributed by atoms with Crippen LogP contribution in [0.3, 0.4) is 0 Å². The molecule has 29 heavy (non-hydrogen) atoms. The maximum Gasteiger partial charge on any atom is 0.422 e. The number of ether oxygens (including phenoxy) is 1. The van der Waals surface area contributed by atoms with Crippen LogP contribution in [0.1, 0.15) is 17.2 Å². The predicted molar refractivity (Wildman–Crippen MR) is 101 cm³/mol. The summed E-state index contributed by atoms with van der Waals surface area (Å²) in [6.45, 7) is 0.829. The number of benzene rings is 1. The zero-order chi connectivity index (χ0) is 20.9. The van der Waals surface area contributed by atoms with Gasteiger partial charge in [0, 0.05) is 38.4 Å². The molecule has 1 unspecified atom stereocenters. The first-order chi connectivity index (χ1) is 13.8. The fourth-order valence-corrected chi connectivity index (χ4v) is 3.20. The molecule has 2 amide bonds. The maximum absolute atomic E-state index is 12.8. The lowest BCUT2D eigenvalue weighted by Gasteiger charge is -2.40. The number of aromatic nitrogens is 1. The lowest BCUT2D eigenvalue weighted by atomic mass is 10.0. The number of carbonyl (C=O) groups excluding carboxylic acids is 1. The van der Waals surface area contributed by atoms with Crippen molar-refractivity contribution in [3.8, 4) is 5.88 Å². The van der Waals surface area contributed by atoms with E-state index in [2.05, 4.69) is 19.9 Å². The molecule has 0 radical (unpaired) electrons. The normalized spacial score (nSPS) is 17.8. The Hall–Kier alpha value is -2.81. The third-order valence-electron chi connectivity index (χ3n) is 4.66. The number of halogens is 3. The highest BCUT2D eigenvalue weighted by Crippen LogP contribution is 2.25. The van der Waals surface area contributed by atoms with Gasteiger partial charge in [0.1, 0.15) is 0 Å². The minimum Gasteiger partial charge on any atom is -0.468 e. The SMILES string of the molecule is CN1CCN(C(=O)NCc2ccnc(OCC(F)(F)F)c2)C(c2ccccc2)C1. The second-order valence-corrected chi connectivity index (χ2v) is 6.95. The lowest BCUT2D eigenvalue weighted by molar-refractivity contribution is -0.154. The molecule has 1 aliphatic heterocycles. The van der Waals surface area contributed by atoms with Gasteiger partial charge in [0.15, 0.2) is 6.61 Å². The molecule has 1 atom stereocenters. The second-order valence-electron chi connectivity index (χ2n) is 6.95. The largest absolute Gasteiger partial charge is 0.468 e. The number of carbonyl (C=O) groups is 1. The highest BCUT2D eigenvalue weighted by Gasteiger charge is 2.30. The molecule has 1 N–H and O–H groups in total. The number of alkyl halides is 3. The van der Waals surface area contributed by atoms with Crippen molar-refractivity contribution in [1.29, 1.82) is 0 Å². The maximum atomic E-state index is 12.8. The minimum absolute atomic E-state index is 0.0712. The van der Waals surface area contributed by atoms with E-state index in [0.29, 0.717) is 12.1 Å². The topological polar surface area (TPSA) is 57.7 Å². The highest BCUT2D eigenvalue weighted by molar-refractivity contribution is 5.75. The van der Waals surface area contributed by atoms with Gasteiger partial charge in [-0.2, -0.15) is 13.2 Å². The number of nitrogens with zero attached hydrogens (tertiary/aromatic N) is 3. The molecule has 2 heterocycles. The van der Waals surface area contributed by atoms with Gasteiger partial charge in [0.05, 0.1) is 6.04 Å². The van der Waals surface area contributed by atoms with Gasteiger partial charge < -0.3 is 19.9 Å². The van der Waals surface area contributed by atoms with Gasteiger partial charge in [-0.15, -0.1) is 0 Å². The Morgan fingerprint density at radius 1 is 1.24 bits per heavy atom. The third kappa shape index (κ3) is 6.08. The summed E-state index contributed by atoms with van der Waals surface area (Å²) in [6, 6.07) is 12.5. The number of hydrogen-bond acceptors (Lipinski definition) is 4. The molecule has 1 saturated heterocycles. The van der Waals surface area contributed by atoms with Crippen LogP contribution >= 0.6 is 0 Å². The monoisotopic (exact) mass is 408 g/mol. The van der Waals surface area contributed by atoms with Crippen molar-refractivity contribution in [2.45, 2.75) is 18.8 Å². The average Bonchev–Trinajstić information content (AvgIpc) is 2.71. The standard InChI is InChI=1S/C20H23F3N4O2/c1-26-9-10-27(17(13-26)16-5-3-2-4-6-16)19(28)25-12-15-7-8-24-18(11-15)29-14-20(21,22)23/h2-8,11,17H,9-10,12-14H2,1H3,(H,25,28). The molecule has 1 aromatic carbocycles. The van der Waals surface area contributed by atoms with Crippen LogP contribution < -0.4 is 10.1 Å². The molecule has 0 saturated carbocycles. The molecule has 0 bridgehead atoms. The van der Waals surface area contributed by atoms with Crippen molar-refractivity contribution in [3.05, 3.63) is 59.8 Å². The van der Waals surface area contributed by atoms with E-state index in [1.54, 1.807) is 11.0 Å². The summed E-state index contributed by atoms with van der Waals surface area (Å²) >= 11 is 0. The van der Waals surface area contributed by atoms with Gasteiger partial charge in [0.2, 0.25) is 5.88 Å². The van der Waals surface area contributed by atoms with E-state index in [0.717, 1.165) is 18.7 Å². The van der Waals surface area contributed by atoms with Gasteiger partial charge in [-0.3, -0.25) is 0 Å². The smallest absolute Gasteiger partial charge is 0.422 e. The first-order valence-electron chi connectivity index (χ1n) is 9.24. The van der Waals surface area contributed by atoms with Crippen LogP contribution in [0.15, 0.2) is 48.7 Å². The van der Waals surface area contributed by atoms with Gasteiger partial charge in [-0.1, -0.05) is 30.3 Å². The van der Waals surface area contributed by atoms with E-state index in [-0.39, 0.29) is 24.5 Å². The molecular weight excluding hydrogens is 385 g/mol. The van der Waals surface area contributed by atoms with Crippen molar-refractivity contribution >= 4 is 6.03 Å². The summed E-state index contributed by atoms with van der Waals surface area (Å²) in [5, 5.41) is 2.85. The minimum atomic E-state index is -4.43. The summed E-state index contributed by atoms with van der Waals surface area (Å²) in [6.07, 6.45) is -3.07. The molecule has 2 aromatic rings. The number of pyridine rings is 1. The van der Waals surface area contributed by atoms with Crippen LogP contribution in [-0.2, 0) is 6.54 Å². The van der Waals surface area contributed by atoms with E-state index in [4.69, 9.17) is 0 Å². The van der Waals surface area contributed by atoms with E-state index >= 15 is 0 Å². The van der Waals surface area contributed by atoms with Crippen molar-refractivity contribution in [3.63, 3.8) is 0 Å². The molecule has 1 aromatic heterocycles. The van der Waals surface area contributed by atoms with E-state index in [9.17, 15) is 18.0 Å². The molecular formula is C20H23F3N4O2. The molecule has 6 nitrogen and oxygen atoms in total. The van der Waals surface area contributed by atoms with Crippen molar-refractivity contribution in [1.82, 2.24) is 20.1 Å². The van der Waals surface area contributed by atoms with Gasteiger partial charge in [-0.25, -0.2) is 9.78 Å². The molecule has 3 rings (SSSR count). The molecule has 0 spiro atoms. The number of rotatable bonds is 5. The number of amides is 2.